The third-order valence-corrected chi connectivity index (χ3v) is 2.94. The molecule has 0 aliphatic heterocycles. The fourth-order valence-electron chi connectivity index (χ4n) is 1.27. The van der Waals surface area contributed by atoms with E-state index in [0.717, 1.165) is 6.07 Å². The molecule has 0 aliphatic rings. The average molecular weight is 259 g/mol. The molecule has 5 heteroatoms. The first-order valence-corrected chi connectivity index (χ1v) is 5.75. The molecular formula is C12H12F3NS. The number of rotatable bonds is 1. The first-order valence-electron chi connectivity index (χ1n) is 4.94. The molecule has 0 atom stereocenters. The summed E-state index contributed by atoms with van der Waals surface area (Å²) in [6, 6.07) is 5.36. The van der Waals surface area contributed by atoms with Crippen molar-refractivity contribution in [2.24, 2.45) is 0 Å². The molecule has 17 heavy (non-hydrogen) atoms. The fourth-order valence-corrected chi connectivity index (χ4v) is 2.29. The van der Waals surface area contributed by atoms with E-state index in [1.807, 2.05) is 20.8 Å². The summed E-state index contributed by atoms with van der Waals surface area (Å²) in [6.45, 7) is 5.76. The molecule has 0 radical (unpaired) electrons. The van der Waals surface area contributed by atoms with Crippen LogP contribution in [0.5, 0.6) is 0 Å². The van der Waals surface area contributed by atoms with Crippen molar-refractivity contribution in [3.63, 3.8) is 0 Å². The molecule has 92 valence electrons. The predicted molar refractivity (Wildman–Crippen MR) is 61.8 cm³/mol. The highest BCUT2D eigenvalue weighted by atomic mass is 32.2. The molecule has 1 aromatic rings. The minimum absolute atomic E-state index is 0.170. The van der Waals surface area contributed by atoms with E-state index in [-0.39, 0.29) is 10.3 Å². The summed E-state index contributed by atoms with van der Waals surface area (Å²) >= 11 is 1.34. The zero-order chi connectivity index (χ0) is 13.3. The Morgan fingerprint density at radius 1 is 1.18 bits per heavy atom. The van der Waals surface area contributed by atoms with Gasteiger partial charge in [-0.2, -0.15) is 18.4 Å². The zero-order valence-corrected chi connectivity index (χ0v) is 10.5. The molecule has 0 unspecified atom stereocenters. The van der Waals surface area contributed by atoms with Crippen LogP contribution < -0.4 is 0 Å². The van der Waals surface area contributed by atoms with E-state index in [1.165, 1.54) is 17.8 Å². The smallest absolute Gasteiger partial charge is 0.192 e. The predicted octanol–water partition coefficient (Wildman–Crippen LogP) is 4.47. The normalized spacial score (nSPS) is 12.3. The lowest BCUT2D eigenvalue weighted by Crippen LogP contribution is -2.10. The van der Waals surface area contributed by atoms with Gasteiger partial charge in [0.1, 0.15) is 0 Å². The Morgan fingerprint density at radius 3 is 2.18 bits per heavy atom. The van der Waals surface area contributed by atoms with E-state index in [4.69, 9.17) is 5.26 Å². The van der Waals surface area contributed by atoms with Crippen LogP contribution in [-0.4, -0.2) is 4.75 Å². The average Bonchev–Trinajstić information content (AvgIpc) is 2.13. The molecule has 0 spiro atoms. The van der Waals surface area contributed by atoms with E-state index >= 15 is 0 Å². The molecule has 0 saturated heterocycles. The molecule has 0 aromatic heterocycles. The Hall–Kier alpha value is -1.15. The van der Waals surface area contributed by atoms with Gasteiger partial charge in [0.05, 0.1) is 17.2 Å². The molecule has 0 aliphatic carbocycles. The minimum atomic E-state index is -4.49. The monoisotopic (exact) mass is 259 g/mol. The maximum absolute atomic E-state index is 12.7. The van der Waals surface area contributed by atoms with Gasteiger partial charge in [-0.3, -0.25) is 0 Å². The van der Waals surface area contributed by atoms with Gasteiger partial charge >= 0.3 is 6.18 Å². The third-order valence-electron chi connectivity index (χ3n) is 1.84. The van der Waals surface area contributed by atoms with E-state index in [1.54, 1.807) is 12.1 Å². The first kappa shape index (κ1) is 13.9. The van der Waals surface area contributed by atoms with Crippen LogP contribution in [0.1, 0.15) is 31.9 Å². The molecule has 1 rings (SSSR count). The Balaban J connectivity index is 3.20. The summed E-state index contributed by atoms with van der Waals surface area (Å²) in [5, 5.41) is 8.65. The highest BCUT2D eigenvalue weighted by molar-refractivity contribution is 8.00. The van der Waals surface area contributed by atoms with Crippen LogP contribution in [0.3, 0.4) is 0 Å². The van der Waals surface area contributed by atoms with Crippen molar-refractivity contribution in [3.8, 4) is 6.07 Å². The number of hydrogen-bond donors (Lipinski definition) is 0. The second-order valence-electron chi connectivity index (χ2n) is 4.53. The fraction of sp³-hybridized carbons (Fsp3) is 0.417. The van der Waals surface area contributed by atoms with Crippen LogP contribution in [0, 0.1) is 11.3 Å². The van der Waals surface area contributed by atoms with Crippen LogP contribution in [0.25, 0.3) is 0 Å². The van der Waals surface area contributed by atoms with Crippen LogP contribution in [-0.2, 0) is 6.18 Å². The highest BCUT2D eigenvalue weighted by Crippen LogP contribution is 2.37. The minimum Gasteiger partial charge on any atom is -0.192 e. The van der Waals surface area contributed by atoms with Crippen molar-refractivity contribution in [2.75, 3.05) is 0 Å². The molecule has 1 aromatic carbocycles. The van der Waals surface area contributed by atoms with Gasteiger partial charge in [-0.25, -0.2) is 0 Å². The largest absolute Gasteiger partial charge is 0.417 e. The Bertz CT molecular complexity index is 452. The van der Waals surface area contributed by atoms with Crippen molar-refractivity contribution in [1.29, 1.82) is 5.26 Å². The topological polar surface area (TPSA) is 23.8 Å². The highest BCUT2D eigenvalue weighted by Gasteiger charge is 2.34. The molecule has 0 saturated carbocycles. The molecule has 0 bridgehead atoms. The zero-order valence-electron chi connectivity index (χ0n) is 9.72. The van der Waals surface area contributed by atoms with Gasteiger partial charge in [0, 0.05) is 9.64 Å². The van der Waals surface area contributed by atoms with Gasteiger partial charge in [0.2, 0.25) is 0 Å². The number of alkyl halides is 3. The summed E-state index contributed by atoms with van der Waals surface area (Å²) in [6.07, 6.45) is -4.49. The van der Waals surface area contributed by atoms with Gasteiger partial charge in [0.15, 0.2) is 0 Å². The van der Waals surface area contributed by atoms with Crippen molar-refractivity contribution >= 4 is 11.8 Å². The quantitative estimate of drug-likeness (QED) is 0.695. The van der Waals surface area contributed by atoms with Crippen LogP contribution in [0.15, 0.2) is 23.1 Å². The summed E-state index contributed by atoms with van der Waals surface area (Å²) in [5.74, 6) is 0. The second kappa shape index (κ2) is 4.61. The van der Waals surface area contributed by atoms with E-state index in [2.05, 4.69) is 0 Å². The summed E-state index contributed by atoms with van der Waals surface area (Å²) in [5.41, 5.74) is -1.20. The summed E-state index contributed by atoms with van der Waals surface area (Å²) < 4.78 is 37.9. The lowest BCUT2D eigenvalue weighted by atomic mass is 10.1. The Labute approximate surface area is 103 Å². The second-order valence-corrected chi connectivity index (χ2v) is 6.43. The van der Waals surface area contributed by atoms with Crippen molar-refractivity contribution in [1.82, 2.24) is 0 Å². The molecule has 1 nitrogen and oxygen atoms in total. The lowest BCUT2D eigenvalue weighted by molar-refractivity contribution is -0.137. The van der Waals surface area contributed by atoms with Gasteiger partial charge < -0.3 is 0 Å². The Kier molecular flexibility index (Phi) is 3.78. The van der Waals surface area contributed by atoms with Crippen molar-refractivity contribution < 1.29 is 13.2 Å². The van der Waals surface area contributed by atoms with Crippen LogP contribution in [0.4, 0.5) is 13.2 Å². The van der Waals surface area contributed by atoms with Gasteiger partial charge in [0.25, 0.3) is 0 Å². The standard InChI is InChI=1S/C12H12F3NS/c1-11(2,3)17-9-5-4-8(7-16)10(6-9)12(13,14)15/h4-6H,1-3H3. The maximum Gasteiger partial charge on any atom is 0.417 e. The van der Waals surface area contributed by atoms with E-state index in [9.17, 15) is 13.2 Å². The Morgan fingerprint density at radius 2 is 1.76 bits per heavy atom. The third kappa shape index (κ3) is 3.97. The van der Waals surface area contributed by atoms with E-state index in [0.29, 0.717) is 4.90 Å². The number of halogens is 3. The first-order chi connectivity index (χ1) is 7.63. The van der Waals surface area contributed by atoms with Crippen molar-refractivity contribution in [2.45, 2.75) is 36.6 Å². The maximum atomic E-state index is 12.7. The lowest BCUT2D eigenvalue weighted by Gasteiger charge is -2.18. The molecule has 0 N–H and O–H groups in total. The van der Waals surface area contributed by atoms with Gasteiger partial charge in [-0.15, -0.1) is 11.8 Å². The number of thioether (sulfide) groups is 1. The molecule has 0 fully saturated rings. The summed E-state index contributed by atoms with van der Waals surface area (Å²) in [7, 11) is 0. The number of benzene rings is 1. The number of nitriles is 1. The van der Waals surface area contributed by atoms with E-state index < -0.39 is 11.7 Å². The SMILES string of the molecule is CC(C)(C)Sc1ccc(C#N)c(C(F)(F)F)c1. The molecular weight excluding hydrogens is 247 g/mol. The summed E-state index contributed by atoms with van der Waals surface area (Å²) in [4.78, 5) is 0.517. The van der Waals surface area contributed by atoms with Gasteiger partial charge in [-0.1, -0.05) is 20.8 Å². The molecule has 0 amide bonds. The van der Waals surface area contributed by atoms with Crippen molar-refractivity contribution in [3.05, 3.63) is 29.3 Å². The molecule has 0 heterocycles. The number of nitrogens with zero attached hydrogens (tertiary/aromatic N) is 1. The van der Waals surface area contributed by atoms with Crippen LogP contribution in [0.2, 0.25) is 0 Å². The van der Waals surface area contributed by atoms with Gasteiger partial charge in [-0.05, 0) is 18.2 Å². The van der Waals surface area contributed by atoms with Crippen LogP contribution >= 0.6 is 11.8 Å². The number of hydrogen-bond acceptors (Lipinski definition) is 2.